The zero-order valence-electron chi connectivity index (χ0n) is 16.3. The van der Waals surface area contributed by atoms with Gasteiger partial charge in [0.15, 0.2) is 0 Å². The Morgan fingerprint density at radius 2 is 2.03 bits per heavy atom. The maximum Gasteiger partial charge on any atom is 0.236 e. The Kier molecular flexibility index (Phi) is 4.25. The molecule has 0 aromatic carbocycles. The number of hydrogen-bond acceptors (Lipinski definition) is 6. The van der Waals surface area contributed by atoms with Crippen molar-refractivity contribution in [3.8, 4) is 23.4 Å². The first-order valence-corrected chi connectivity index (χ1v) is 9.99. The Balaban J connectivity index is 1.42. The molecule has 1 aliphatic heterocycles. The molecule has 30 heavy (non-hydrogen) atoms. The van der Waals surface area contributed by atoms with Gasteiger partial charge in [-0.15, -0.1) is 0 Å². The third-order valence-corrected chi connectivity index (χ3v) is 6.55. The van der Waals surface area contributed by atoms with E-state index in [1.807, 2.05) is 29.2 Å². The van der Waals surface area contributed by atoms with E-state index >= 15 is 0 Å². The molecule has 1 saturated carbocycles. The molecule has 1 saturated heterocycles. The molecule has 9 nitrogen and oxygen atoms in total. The van der Waals surface area contributed by atoms with Gasteiger partial charge in [0.05, 0.1) is 36.0 Å². The zero-order chi connectivity index (χ0) is 20.7. The summed E-state index contributed by atoms with van der Waals surface area (Å²) in [5, 5.41) is 23.9. The van der Waals surface area contributed by atoms with E-state index in [1.54, 1.807) is 11.1 Å². The van der Waals surface area contributed by atoms with E-state index < -0.39 is 0 Å². The first-order chi connectivity index (χ1) is 14.6. The Bertz CT molecular complexity index is 1180. The lowest BCUT2D eigenvalue weighted by molar-refractivity contribution is -0.129. The van der Waals surface area contributed by atoms with Crippen LogP contribution in [0.25, 0.3) is 22.3 Å². The highest BCUT2D eigenvalue weighted by Gasteiger charge is 2.51. The molecule has 2 fully saturated rings. The molecule has 3 aromatic rings. The number of carbonyl (C=O) groups is 1. The van der Waals surface area contributed by atoms with Gasteiger partial charge in [-0.3, -0.25) is 9.48 Å². The summed E-state index contributed by atoms with van der Waals surface area (Å²) in [7, 11) is 0. The van der Waals surface area contributed by atoms with Crippen molar-refractivity contribution in [1.29, 1.82) is 10.5 Å². The lowest BCUT2D eigenvalue weighted by Gasteiger charge is -2.29. The minimum atomic E-state index is -0.378. The van der Waals surface area contributed by atoms with Gasteiger partial charge < -0.3 is 9.88 Å². The summed E-state index contributed by atoms with van der Waals surface area (Å²) in [6, 6.07) is 6.24. The maximum atomic E-state index is 12.1. The van der Waals surface area contributed by atoms with Gasteiger partial charge in [0.25, 0.3) is 0 Å². The molecule has 1 N–H and O–H groups in total. The van der Waals surface area contributed by atoms with Crippen LogP contribution in [0.3, 0.4) is 0 Å². The average molecular weight is 400 g/mol. The van der Waals surface area contributed by atoms with Crippen LogP contribution in [0.4, 0.5) is 0 Å². The summed E-state index contributed by atoms with van der Waals surface area (Å²) >= 11 is 0. The number of nitrogens with one attached hydrogen (secondary N) is 1. The van der Waals surface area contributed by atoms with E-state index in [0.717, 1.165) is 35.1 Å². The fraction of sp³-hybridized carbons (Fsp3) is 0.429. The lowest BCUT2D eigenvalue weighted by Crippen LogP contribution is -2.35. The maximum absolute atomic E-state index is 12.1. The van der Waals surface area contributed by atoms with Crippen molar-refractivity contribution in [1.82, 2.24) is 29.6 Å². The predicted molar refractivity (Wildman–Crippen MR) is 106 cm³/mol. The van der Waals surface area contributed by atoms with E-state index in [-0.39, 0.29) is 17.9 Å². The predicted octanol–water partition coefficient (Wildman–Crippen LogP) is 2.21. The molecule has 1 amide bonds. The molecule has 2 aliphatic rings. The van der Waals surface area contributed by atoms with Crippen LogP contribution < -0.4 is 0 Å². The highest BCUT2D eigenvalue weighted by molar-refractivity contribution is 5.90. The number of hydrogen-bond donors (Lipinski definition) is 1. The van der Waals surface area contributed by atoms with Crippen LogP contribution in [0.15, 0.2) is 31.0 Å². The molecule has 150 valence electrons. The lowest BCUT2D eigenvalue weighted by atomic mass is 9.92. The molecule has 0 radical (unpaired) electrons. The number of likely N-dealkylation sites (tertiary alicyclic amines) is 1. The van der Waals surface area contributed by atoms with Crippen molar-refractivity contribution >= 4 is 16.9 Å². The van der Waals surface area contributed by atoms with E-state index in [2.05, 4.69) is 26.1 Å². The minimum Gasteiger partial charge on any atom is -0.346 e. The van der Waals surface area contributed by atoms with Crippen molar-refractivity contribution in [2.75, 3.05) is 13.1 Å². The molecular formula is C21H20N8O. The van der Waals surface area contributed by atoms with Gasteiger partial charge in [-0.2, -0.15) is 15.6 Å². The average Bonchev–Trinajstić information content (AvgIpc) is 3.50. The third-order valence-electron chi connectivity index (χ3n) is 6.55. The number of rotatable bonds is 4. The van der Waals surface area contributed by atoms with Gasteiger partial charge in [0.2, 0.25) is 5.91 Å². The number of amides is 1. The third kappa shape index (κ3) is 2.82. The second kappa shape index (κ2) is 6.96. The van der Waals surface area contributed by atoms with E-state index in [1.165, 1.54) is 6.33 Å². The van der Waals surface area contributed by atoms with Crippen molar-refractivity contribution in [2.45, 2.75) is 31.2 Å². The van der Waals surface area contributed by atoms with Crippen LogP contribution in [-0.2, 0) is 10.3 Å². The van der Waals surface area contributed by atoms with Gasteiger partial charge in [-0.25, -0.2) is 9.97 Å². The Morgan fingerprint density at radius 1 is 1.23 bits per heavy atom. The molecule has 5 rings (SSSR count). The van der Waals surface area contributed by atoms with E-state index in [9.17, 15) is 10.1 Å². The van der Waals surface area contributed by atoms with E-state index in [0.29, 0.717) is 31.3 Å². The smallest absolute Gasteiger partial charge is 0.236 e. The highest BCUT2D eigenvalue weighted by Crippen LogP contribution is 2.49. The zero-order valence-corrected chi connectivity index (χ0v) is 16.3. The van der Waals surface area contributed by atoms with Gasteiger partial charge >= 0.3 is 0 Å². The second-order valence-corrected chi connectivity index (χ2v) is 8.26. The number of fused-ring (bicyclic) bond motifs is 2. The second-order valence-electron chi connectivity index (χ2n) is 8.26. The van der Waals surface area contributed by atoms with Crippen molar-refractivity contribution in [2.24, 2.45) is 11.8 Å². The van der Waals surface area contributed by atoms with Gasteiger partial charge in [-0.05, 0) is 30.7 Å². The Morgan fingerprint density at radius 3 is 2.77 bits per heavy atom. The van der Waals surface area contributed by atoms with Crippen LogP contribution >= 0.6 is 0 Å². The summed E-state index contributed by atoms with van der Waals surface area (Å²) in [4.78, 5) is 25.7. The molecule has 3 aromatic heterocycles. The van der Waals surface area contributed by atoms with Crippen LogP contribution in [0, 0.1) is 34.5 Å². The molecule has 3 atom stereocenters. The molecular weight excluding hydrogens is 380 g/mol. The molecule has 0 spiro atoms. The number of nitrogens with zero attached hydrogens (tertiary/aromatic N) is 7. The first kappa shape index (κ1) is 18.3. The molecule has 9 heteroatoms. The normalized spacial score (nSPS) is 25.2. The number of aromatic amines is 1. The Labute approximate surface area is 173 Å². The summed E-state index contributed by atoms with van der Waals surface area (Å²) in [5.41, 5.74) is 2.10. The SMILES string of the molecule is N#CCC(=O)N1C[C@@H]2CC(CC#N)(n3cc(-c4ncnc5[nH]ccc45)cn3)C[C@@H]2C1. The van der Waals surface area contributed by atoms with Gasteiger partial charge in [-0.1, -0.05) is 0 Å². The molecule has 1 aliphatic carbocycles. The van der Waals surface area contributed by atoms with Crippen LogP contribution in [-0.4, -0.2) is 48.6 Å². The fourth-order valence-corrected chi connectivity index (χ4v) is 5.21. The quantitative estimate of drug-likeness (QED) is 0.715. The van der Waals surface area contributed by atoms with Crippen molar-refractivity contribution < 1.29 is 4.79 Å². The molecule has 0 bridgehead atoms. The van der Waals surface area contributed by atoms with Crippen molar-refractivity contribution in [3.05, 3.63) is 31.0 Å². The number of carbonyl (C=O) groups excluding carboxylic acids is 1. The largest absolute Gasteiger partial charge is 0.346 e. The number of H-pyrrole nitrogens is 1. The summed E-state index contributed by atoms with van der Waals surface area (Å²) in [6.07, 6.45) is 9.04. The standard InChI is InChI=1S/C21H20N8O/c22-4-1-18(30)28-10-14-7-21(3-5-23,8-15(14)11-28)29-12-16(9-27-29)19-17-2-6-24-20(17)26-13-25-19/h2,6,9,12-15H,1,3,7-8,10-11H2,(H,24,25,26)/t14-,15+,21?. The van der Waals surface area contributed by atoms with Crippen LogP contribution in [0.5, 0.6) is 0 Å². The Hall–Kier alpha value is -3.72. The molecule has 1 unspecified atom stereocenters. The van der Waals surface area contributed by atoms with Crippen LogP contribution in [0.2, 0.25) is 0 Å². The van der Waals surface area contributed by atoms with Gasteiger partial charge in [0.1, 0.15) is 18.4 Å². The highest BCUT2D eigenvalue weighted by atomic mass is 16.2. The first-order valence-electron chi connectivity index (χ1n) is 9.99. The fourth-order valence-electron chi connectivity index (χ4n) is 5.21. The van der Waals surface area contributed by atoms with E-state index in [4.69, 9.17) is 5.26 Å². The summed E-state index contributed by atoms with van der Waals surface area (Å²) in [5.74, 6) is 0.548. The number of aromatic nitrogens is 5. The topological polar surface area (TPSA) is 127 Å². The monoisotopic (exact) mass is 400 g/mol. The van der Waals surface area contributed by atoms with Gasteiger partial charge in [0, 0.05) is 36.4 Å². The summed E-state index contributed by atoms with van der Waals surface area (Å²) < 4.78 is 1.94. The van der Waals surface area contributed by atoms with Crippen molar-refractivity contribution in [3.63, 3.8) is 0 Å². The minimum absolute atomic E-state index is 0.0716. The molecule has 4 heterocycles. The summed E-state index contributed by atoms with van der Waals surface area (Å²) in [6.45, 7) is 1.31. The number of nitriles is 2. The van der Waals surface area contributed by atoms with Crippen LogP contribution in [0.1, 0.15) is 25.7 Å².